The van der Waals surface area contributed by atoms with Crippen molar-refractivity contribution in [3.63, 3.8) is 0 Å². The zero-order valence-corrected chi connectivity index (χ0v) is 15.8. The van der Waals surface area contributed by atoms with Gasteiger partial charge in [0.25, 0.3) is 0 Å². The third-order valence-corrected chi connectivity index (χ3v) is 3.60. The van der Waals surface area contributed by atoms with Gasteiger partial charge in [-0.2, -0.15) is 0 Å². The molecule has 2 N–H and O–H groups in total. The van der Waals surface area contributed by atoms with Gasteiger partial charge in [-0.3, -0.25) is 0 Å². The second kappa shape index (κ2) is 17.1. The van der Waals surface area contributed by atoms with Crippen LogP contribution in [0.1, 0.15) is 63.5 Å². The summed E-state index contributed by atoms with van der Waals surface area (Å²) in [7, 11) is 0. The first-order valence-corrected chi connectivity index (χ1v) is 8.36. The van der Waals surface area contributed by atoms with E-state index in [9.17, 15) is 0 Å². The van der Waals surface area contributed by atoms with Crippen molar-refractivity contribution in [2.75, 3.05) is 13.1 Å². The van der Waals surface area contributed by atoms with Crippen molar-refractivity contribution >= 4 is 24.8 Å². The molecule has 0 aromatic heterocycles. The zero-order chi connectivity index (χ0) is 14.5. The molecule has 0 fully saturated rings. The topological polar surface area (TPSA) is 24.1 Å². The van der Waals surface area contributed by atoms with Gasteiger partial charge in [-0.1, -0.05) is 63.8 Å². The molecule has 0 aliphatic heterocycles. The van der Waals surface area contributed by atoms with Crippen LogP contribution in [0.25, 0.3) is 0 Å². The maximum atomic E-state index is 3.51. The first-order valence-electron chi connectivity index (χ1n) is 8.36. The average Bonchev–Trinajstić information content (AvgIpc) is 2.48. The van der Waals surface area contributed by atoms with Crippen molar-refractivity contribution in [1.82, 2.24) is 10.6 Å². The molecule has 0 atom stereocenters. The molecule has 1 aromatic carbocycles. The summed E-state index contributed by atoms with van der Waals surface area (Å²) in [6, 6.07) is 8.98. The number of hydrogen-bond acceptors (Lipinski definition) is 2. The Bertz CT molecular complexity index is 295. The summed E-state index contributed by atoms with van der Waals surface area (Å²) in [4.78, 5) is 0. The van der Waals surface area contributed by atoms with Crippen LogP contribution in [0.2, 0.25) is 0 Å². The normalized spacial score (nSPS) is 9.91. The molecule has 0 heterocycles. The second-order valence-electron chi connectivity index (χ2n) is 5.58. The quantitative estimate of drug-likeness (QED) is 0.514. The van der Waals surface area contributed by atoms with E-state index >= 15 is 0 Å². The van der Waals surface area contributed by atoms with Crippen LogP contribution in [0.3, 0.4) is 0 Å². The van der Waals surface area contributed by atoms with Crippen LogP contribution < -0.4 is 10.6 Å². The standard InChI is InChI=1S/C18H32N2.2ClH/c1-3-5-7-13-19-15-17-9-11-18(12-10-17)16-20-14-8-6-4-2;;/h9-12,19-20H,3-8,13-16H2,1-2H3;2*1H. The first kappa shape index (κ1) is 24.0. The van der Waals surface area contributed by atoms with Crippen molar-refractivity contribution < 1.29 is 0 Å². The lowest BCUT2D eigenvalue weighted by molar-refractivity contribution is 0.613. The van der Waals surface area contributed by atoms with Crippen molar-refractivity contribution in [2.45, 2.75) is 65.5 Å². The summed E-state index contributed by atoms with van der Waals surface area (Å²) in [5, 5.41) is 7.01. The molecule has 0 spiro atoms. The minimum Gasteiger partial charge on any atom is -0.313 e. The predicted molar refractivity (Wildman–Crippen MR) is 103 cm³/mol. The fourth-order valence-corrected chi connectivity index (χ4v) is 2.24. The minimum atomic E-state index is 0. The highest BCUT2D eigenvalue weighted by Crippen LogP contribution is 2.04. The van der Waals surface area contributed by atoms with Gasteiger partial charge < -0.3 is 10.6 Å². The van der Waals surface area contributed by atoms with Gasteiger partial charge in [0.1, 0.15) is 0 Å². The molecule has 0 saturated carbocycles. The summed E-state index contributed by atoms with van der Waals surface area (Å²) >= 11 is 0. The van der Waals surface area contributed by atoms with Gasteiger partial charge in [0.15, 0.2) is 0 Å². The van der Waals surface area contributed by atoms with Crippen molar-refractivity contribution in [2.24, 2.45) is 0 Å². The van der Waals surface area contributed by atoms with E-state index in [4.69, 9.17) is 0 Å². The number of benzene rings is 1. The Morgan fingerprint density at radius 2 is 1.00 bits per heavy atom. The fourth-order valence-electron chi connectivity index (χ4n) is 2.24. The largest absolute Gasteiger partial charge is 0.313 e. The highest BCUT2D eigenvalue weighted by Gasteiger charge is 1.95. The first-order chi connectivity index (χ1) is 9.86. The van der Waals surface area contributed by atoms with Crippen LogP contribution in [0, 0.1) is 0 Å². The monoisotopic (exact) mass is 348 g/mol. The Kier molecular flexibility index (Phi) is 18.6. The highest BCUT2D eigenvalue weighted by molar-refractivity contribution is 5.85. The second-order valence-corrected chi connectivity index (χ2v) is 5.58. The molecule has 1 rings (SSSR count). The van der Waals surface area contributed by atoms with Gasteiger partial charge in [0.05, 0.1) is 0 Å². The molecule has 130 valence electrons. The van der Waals surface area contributed by atoms with Gasteiger partial charge in [-0.15, -0.1) is 24.8 Å². The van der Waals surface area contributed by atoms with Gasteiger partial charge in [0.2, 0.25) is 0 Å². The fraction of sp³-hybridized carbons (Fsp3) is 0.667. The van der Waals surface area contributed by atoms with Crippen molar-refractivity contribution in [3.05, 3.63) is 35.4 Å². The van der Waals surface area contributed by atoms with E-state index in [2.05, 4.69) is 48.7 Å². The molecule has 1 aromatic rings. The molecule has 0 radical (unpaired) electrons. The third kappa shape index (κ3) is 12.3. The van der Waals surface area contributed by atoms with Crippen LogP contribution in [-0.2, 0) is 13.1 Å². The Hall–Kier alpha value is -0.280. The summed E-state index contributed by atoms with van der Waals surface area (Å²) < 4.78 is 0. The zero-order valence-electron chi connectivity index (χ0n) is 14.2. The van der Waals surface area contributed by atoms with Gasteiger partial charge >= 0.3 is 0 Å². The molecule has 0 aliphatic rings. The Labute approximate surface area is 149 Å². The summed E-state index contributed by atoms with van der Waals surface area (Å²) in [5.74, 6) is 0. The van der Waals surface area contributed by atoms with Crippen LogP contribution in [-0.4, -0.2) is 13.1 Å². The summed E-state index contributed by atoms with van der Waals surface area (Å²) in [6.45, 7) is 8.75. The summed E-state index contributed by atoms with van der Waals surface area (Å²) in [6.07, 6.45) is 7.82. The van der Waals surface area contributed by atoms with Gasteiger partial charge in [-0.05, 0) is 37.1 Å². The molecule has 0 bridgehead atoms. The van der Waals surface area contributed by atoms with Gasteiger partial charge in [0, 0.05) is 13.1 Å². The van der Waals surface area contributed by atoms with E-state index in [0.717, 1.165) is 26.2 Å². The number of hydrogen-bond donors (Lipinski definition) is 2. The van der Waals surface area contributed by atoms with Crippen LogP contribution in [0.4, 0.5) is 0 Å². The van der Waals surface area contributed by atoms with Crippen molar-refractivity contribution in [3.8, 4) is 0 Å². The molecule has 0 amide bonds. The van der Waals surface area contributed by atoms with E-state index in [1.54, 1.807) is 0 Å². The lowest BCUT2D eigenvalue weighted by Crippen LogP contribution is -2.15. The predicted octanol–water partition coefficient (Wildman–Crippen LogP) is 5.09. The number of unbranched alkanes of at least 4 members (excludes halogenated alkanes) is 4. The third-order valence-electron chi connectivity index (χ3n) is 3.60. The SMILES string of the molecule is CCCCCNCc1ccc(CNCCCCC)cc1.Cl.Cl. The maximum absolute atomic E-state index is 3.51. The molecule has 0 saturated heterocycles. The number of rotatable bonds is 12. The van der Waals surface area contributed by atoms with Crippen LogP contribution >= 0.6 is 24.8 Å². The Morgan fingerprint density at radius 3 is 1.32 bits per heavy atom. The number of halogens is 2. The molecular weight excluding hydrogens is 315 g/mol. The van der Waals surface area contributed by atoms with Crippen molar-refractivity contribution in [1.29, 1.82) is 0 Å². The maximum Gasteiger partial charge on any atom is 0.0205 e. The molecule has 2 nitrogen and oxygen atoms in total. The smallest absolute Gasteiger partial charge is 0.0205 e. The number of nitrogens with one attached hydrogen (secondary N) is 2. The van der Waals surface area contributed by atoms with Gasteiger partial charge in [-0.25, -0.2) is 0 Å². The molecule has 0 aliphatic carbocycles. The molecule has 0 unspecified atom stereocenters. The molecular formula is C18H34Cl2N2. The van der Waals surface area contributed by atoms with E-state index in [0.29, 0.717) is 0 Å². The average molecular weight is 349 g/mol. The van der Waals surface area contributed by atoms with E-state index in [1.807, 2.05) is 0 Å². The summed E-state index contributed by atoms with van der Waals surface area (Å²) in [5.41, 5.74) is 2.77. The minimum absolute atomic E-state index is 0. The lowest BCUT2D eigenvalue weighted by Gasteiger charge is -2.07. The lowest BCUT2D eigenvalue weighted by atomic mass is 10.1. The Balaban J connectivity index is 0. The Morgan fingerprint density at radius 1 is 0.636 bits per heavy atom. The van der Waals surface area contributed by atoms with E-state index in [1.165, 1.54) is 49.7 Å². The van der Waals surface area contributed by atoms with Crippen LogP contribution in [0.5, 0.6) is 0 Å². The highest BCUT2D eigenvalue weighted by atomic mass is 35.5. The molecule has 4 heteroatoms. The molecule has 22 heavy (non-hydrogen) atoms. The van der Waals surface area contributed by atoms with E-state index in [-0.39, 0.29) is 24.8 Å². The van der Waals surface area contributed by atoms with E-state index < -0.39 is 0 Å². The van der Waals surface area contributed by atoms with Crippen LogP contribution in [0.15, 0.2) is 24.3 Å².